The maximum Gasteiger partial charge on any atom is 0.324 e. The van der Waals surface area contributed by atoms with Gasteiger partial charge in [0.15, 0.2) is 0 Å². The van der Waals surface area contributed by atoms with Gasteiger partial charge in [0.05, 0.1) is 19.3 Å². The van der Waals surface area contributed by atoms with Crippen molar-refractivity contribution in [3.8, 4) is 5.75 Å². The minimum absolute atomic E-state index is 0.161. The number of hydrogen-bond donors (Lipinski definition) is 1. The minimum Gasteiger partial charge on any atom is -0.497 e. The molecule has 0 spiro atoms. The molecule has 5 nitrogen and oxygen atoms in total. The van der Waals surface area contributed by atoms with Crippen molar-refractivity contribution in [3.05, 3.63) is 24.3 Å². The van der Waals surface area contributed by atoms with Crippen LogP contribution in [0.15, 0.2) is 24.3 Å². The molecule has 18 heavy (non-hydrogen) atoms. The van der Waals surface area contributed by atoms with E-state index < -0.39 is 0 Å². The predicted octanol–water partition coefficient (Wildman–Crippen LogP) is 2.30. The topological polar surface area (TPSA) is 50.8 Å². The number of anilines is 1. The maximum atomic E-state index is 12.1. The Balaban J connectivity index is 2.07. The molecule has 0 atom stereocenters. The zero-order valence-electron chi connectivity index (χ0n) is 10.9. The molecule has 1 aromatic rings. The zero-order valence-corrected chi connectivity index (χ0v) is 10.9. The molecule has 1 aromatic carbocycles. The molecule has 0 bridgehead atoms. The van der Waals surface area contributed by atoms with Crippen LogP contribution < -0.4 is 10.1 Å². The van der Waals surface area contributed by atoms with E-state index in [9.17, 15) is 4.79 Å². The van der Waals surface area contributed by atoms with Gasteiger partial charge in [0.2, 0.25) is 0 Å². The van der Waals surface area contributed by atoms with Crippen LogP contribution in [-0.4, -0.2) is 36.9 Å². The van der Waals surface area contributed by atoms with Crippen molar-refractivity contribution in [2.24, 2.45) is 0 Å². The number of nitrogens with one attached hydrogen (secondary N) is 1. The SMILES string of the molecule is COc1cccc(NC(=O)N2COCC2(C)C)c1. The number of carbonyl (C=O) groups is 1. The van der Waals surface area contributed by atoms with Gasteiger partial charge in [-0.25, -0.2) is 4.79 Å². The Morgan fingerprint density at radius 3 is 2.89 bits per heavy atom. The third-order valence-electron chi connectivity index (χ3n) is 2.97. The van der Waals surface area contributed by atoms with Crippen LogP contribution in [-0.2, 0) is 4.74 Å². The molecular formula is C13H18N2O3. The largest absolute Gasteiger partial charge is 0.497 e. The first-order chi connectivity index (χ1) is 8.53. The number of nitrogens with zero attached hydrogens (tertiary/aromatic N) is 1. The summed E-state index contributed by atoms with van der Waals surface area (Å²) in [6, 6.07) is 7.11. The Labute approximate surface area is 107 Å². The molecule has 0 saturated carbocycles. The number of amides is 2. The van der Waals surface area contributed by atoms with E-state index in [4.69, 9.17) is 9.47 Å². The fraction of sp³-hybridized carbons (Fsp3) is 0.462. The molecule has 2 rings (SSSR count). The second-order valence-corrected chi connectivity index (χ2v) is 4.88. The molecule has 0 aromatic heterocycles. The summed E-state index contributed by atoms with van der Waals surface area (Å²) in [7, 11) is 1.60. The lowest BCUT2D eigenvalue weighted by molar-refractivity contribution is 0.147. The Morgan fingerprint density at radius 1 is 1.50 bits per heavy atom. The second kappa shape index (κ2) is 4.86. The van der Waals surface area contributed by atoms with Gasteiger partial charge in [0, 0.05) is 11.8 Å². The highest BCUT2D eigenvalue weighted by atomic mass is 16.5. The lowest BCUT2D eigenvalue weighted by Gasteiger charge is -2.29. The van der Waals surface area contributed by atoms with Gasteiger partial charge in [0.1, 0.15) is 12.5 Å². The summed E-state index contributed by atoms with van der Waals surface area (Å²) in [5.41, 5.74) is 0.435. The third kappa shape index (κ3) is 2.56. The Bertz CT molecular complexity index is 446. The lowest BCUT2D eigenvalue weighted by Crippen LogP contribution is -2.46. The van der Waals surface area contributed by atoms with Crippen molar-refractivity contribution in [2.75, 3.05) is 25.8 Å². The summed E-state index contributed by atoms with van der Waals surface area (Å²) in [5, 5.41) is 2.84. The standard InChI is InChI=1S/C13H18N2O3/c1-13(2)8-18-9-15(13)12(16)14-10-5-4-6-11(7-10)17-3/h4-7H,8-9H2,1-3H3,(H,14,16). The molecule has 0 unspecified atom stereocenters. The quantitative estimate of drug-likeness (QED) is 0.876. The molecule has 1 fully saturated rings. The number of rotatable bonds is 2. The van der Waals surface area contributed by atoms with Gasteiger partial charge >= 0.3 is 6.03 Å². The van der Waals surface area contributed by atoms with Crippen molar-refractivity contribution in [1.82, 2.24) is 4.90 Å². The summed E-state index contributed by atoms with van der Waals surface area (Å²) < 4.78 is 10.4. The highest BCUT2D eigenvalue weighted by Gasteiger charge is 2.36. The number of urea groups is 1. The van der Waals surface area contributed by atoms with Gasteiger partial charge in [-0.05, 0) is 26.0 Å². The predicted molar refractivity (Wildman–Crippen MR) is 68.7 cm³/mol. The second-order valence-electron chi connectivity index (χ2n) is 4.88. The van der Waals surface area contributed by atoms with E-state index in [1.807, 2.05) is 32.0 Å². The number of methoxy groups -OCH3 is 1. The third-order valence-corrected chi connectivity index (χ3v) is 2.97. The van der Waals surface area contributed by atoms with E-state index >= 15 is 0 Å². The Hall–Kier alpha value is -1.75. The smallest absolute Gasteiger partial charge is 0.324 e. The first-order valence-corrected chi connectivity index (χ1v) is 5.83. The monoisotopic (exact) mass is 250 g/mol. The minimum atomic E-state index is -0.275. The zero-order chi connectivity index (χ0) is 13.2. The summed E-state index contributed by atoms with van der Waals surface area (Å²) in [4.78, 5) is 13.8. The van der Waals surface area contributed by atoms with Crippen molar-refractivity contribution >= 4 is 11.7 Å². The number of carbonyl (C=O) groups excluding carboxylic acids is 1. The van der Waals surface area contributed by atoms with Gasteiger partial charge in [-0.3, -0.25) is 4.90 Å². The highest BCUT2D eigenvalue weighted by molar-refractivity contribution is 5.90. The molecule has 2 amide bonds. The van der Waals surface area contributed by atoms with Crippen LogP contribution in [0.3, 0.4) is 0 Å². The van der Waals surface area contributed by atoms with Crippen molar-refractivity contribution in [3.63, 3.8) is 0 Å². The van der Waals surface area contributed by atoms with E-state index in [2.05, 4.69) is 5.32 Å². The number of hydrogen-bond acceptors (Lipinski definition) is 3. The van der Waals surface area contributed by atoms with Gasteiger partial charge in [-0.1, -0.05) is 6.07 Å². The number of benzene rings is 1. The van der Waals surface area contributed by atoms with Crippen LogP contribution >= 0.6 is 0 Å². The maximum absolute atomic E-state index is 12.1. The average molecular weight is 250 g/mol. The van der Waals surface area contributed by atoms with Crippen molar-refractivity contribution < 1.29 is 14.3 Å². The summed E-state index contributed by atoms with van der Waals surface area (Å²) >= 11 is 0. The number of ether oxygens (including phenoxy) is 2. The van der Waals surface area contributed by atoms with E-state index in [1.165, 1.54) is 0 Å². The van der Waals surface area contributed by atoms with Crippen LogP contribution in [0, 0.1) is 0 Å². The Morgan fingerprint density at radius 2 is 2.28 bits per heavy atom. The van der Waals surface area contributed by atoms with Crippen LogP contribution in [0.5, 0.6) is 5.75 Å². The van der Waals surface area contributed by atoms with Gasteiger partial charge < -0.3 is 14.8 Å². The summed E-state index contributed by atoms with van der Waals surface area (Å²) in [6.07, 6.45) is 0. The fourth-order valence-electron chi connectivity index (χ4n) is 1.86. The first kappa shape index (κ1) is 12.7. The highest BCUT2D eigenvalue weighted by Crippen LogP contribution is 2.23. The van der Waals surface area contributed by atoms with E-state index in [-0.39, 0.29) is 11.6 Å². The van der Waals surface area contributed by atoms with Crippen molar-refractivity contribution in [2.45, 2.75) is 19.4 Å². The molecule has 98 valence electrons. The molecule has 0 radical (unpaired) electrons. The molecule has 5 heteroatoms. The Kier molecular flexibility index (Phi) is 3.43. The van der Waals surface area contributed by atoms with Crippen molar-refractivity contribution in [1.29, 1.82) is 0 Å². The molecular weight excluding hydrogens is 232 g/mol. The van der Waals surface area contributed by atoms with Crippen LogP contribution in [0.2, 0.25) is 0 Å². The van der Waals surface area contributed by atoms with Crippen LogP contribution in [0.1, 0.15) is 13.8 Å². The molecule has 0 aliphatic carbocycles. The molecule has 1 saturated heterocycles. The summed E-state index contributed by atoms with van der Waals surface area (Å²) in [5.74, 6) is 0.713. The first-order valence-electron chi connectivity index (χ1n) is 5.83. The van der Waals surface area contributed by atoms with E-state index in [0.717, 1.165) is 0 Å². The van der Waals surface area contributed by atoms with E-state index in [1.54, 1.807) is 18.1 Å². The van der Waals surface area contributed by atoms with Gasteiger partial charge in [-0.15, -0.1) is 0 Å². The van der Waals surface area contributed by atoms with Crippen LogP contribution in [0.25, 0.3) is 0 Å². The molecule has 1 aliphatic rings. The molecule has 1 aliphatic heterocycles. The fourth-order valence-corrected chi connectivity index (χ4v) is 1.86. The average Bonchev–Trinajstić information content (AvgIpc) is 2.69. The van der Waals surface area contributed by atoms with Gasteiger partial charge in [-0.2, -0.15) is 0 Å². The normalized spacial score (nSPS) is 17.6. The molecule has 1 N–H and O–H groups in total. The summed E-state index contributed by atoms with van der Waals surface area (Å²) in [6.45, 7) is 4.83. The van der Waals surface area contributed by atoms with Gasteiger partial charge in [0.25, 0.3) is 0 Å². The molecule has 1 heterocycles. The lowest BCUT2D eigenvalue weighted by atomic mass is 10.1. The van der Waals surface area contributed by atoms with Crippen LogP contribution in [0.4, 0.5) is 10.5 Å². The van der Waals surface area contributed by atoms with E-state index in [0.29, 0.717) is 24.8 Å².